The molecular formula is C10H12O2. The lowest BCUT2D eigenvalue weighted by atomic mass is 9.87. The van der Waals surface area contributed by atoms with Gasteiger partial charge < -0.3 is 10.2 Å². The van der Waals surface area contributed by atoms with Gasteiger partial charge in [-0.05, 0) is 30.9 Å². The Morgan fingerprint density at radius 2 is 2.25 bits per heavy atom. The van der Waals surface area contributed by atoms with E-state index in [0.717, 1.165) is 24.0 Å². The molecule has 2 N–H and O–H groups in total. The molecule has 0 saturated heterocycles. The second-order valence-electron chi connectivity index (χ2n) is 3.22. The van der Waals surface area contributed by atoms with Gasteiger partial charge in [0.1, 0.15) is 5.76 Å². The molecule has 2 aliphatic rings. The van der Waals surface area contributed by atoms with Gasteiger partial charge in [-0.25, -0.2) is 0 Å². The summed E-state index contributed by atoms with van der Waals surface area (Å²) < 4.78 is 0. The zero-order valence-corrected chi connectivity index (χ0v) is 6.83. The van der Waals surface area contributed by atoms with E-state index < -0.39 is 0 Å². The van der Waals surface area contributed by atoms with Crippen LogP contribution in [0.25, 0.3) is 0 Å². The predicted molar refractivity (Wildman–Crippen MR) is 46.7 cm³/mol. The molecule has 0 fully saturated rings. The SMILES string of the molecule is OC1=CCCC2=C1C=CCC2O. The molecule has 64 valence electrons. The van der Waals surface area contributed by atoms with Crippen molar-refractivity contribution in [1.29, 1.82) is 0 Å². The van der Waals surface area contributed by atoms with Crippen LogP contribution in [0.3, 0.4) is 0 Å². The molecule has 0 saturated carbocycles. The van der Waals surface area contributed by atoms with Crippen LogP contribution in [0.1, 0.15) is 19.3 Å². The van der Waals surface area contributed by atoms with Crippen LogP contribution >= 0.6 is 0 Å². The van der Waals surface area contributed by atoms with Gasteiger partial charge >= 0.3 is 0 Å². The van der Waals surface area contributed by atoms with Crippen molar-refractivity contribution in [1.82, 2.24) is 0 Å². The maximum atomic E-state index is 9.57. The van der Waals surface area contributed by atoms with Crippen LogP contribution in [-0.2, 0) is 0 Å². The second-order valence-corrected chi connectivity index (χ2v) is 3.22. The van der Waals surface area contributed by atoms with Crippen LogP contribution in [0.15, 0.2) is 35.1 Å². The van der Waals surface area contributed by atoms with Crippen LogP contribution in [0, 0.1) is 0 Å². The largest absolute Gasteiger partial charge is 0.508 e. The van der Waals surface area contributed by atoms with Gasteiger partial charge in [0.05, 0.1) is 6.10 Å². The van der Waals surface area contributed by atoms with Gasteiger partial charge in [-0.15, -0.1) is 0 Å². The van der Waals surface area contributed by atoms with E-state index in [4.69, 9.17) is 0 Å². The molecule has 0 aliphatic heterocycles. The predicted octanol–water partition coefficient (Wildman–Crippen LogP) is 1.84. The Morgan fingerprint density at radius 3 is 3.00 bits per heavy atom. The van der Waals surface area contributed by atoms with Crippen molar-refractivity contribution in [3.63, 3.8) is 0 Å². The zero-order valence-electron chi connectivity index (χ0n) is 6.83. The fourth-order valence-corrected chi connectivity index (χ4v) is 1.77. The zero-order chi connectivity index (χ0) is 8.55. The lowest BCUT2D eigenvalue weighted by Crippen LogP contribution is -2.17. The van der Waals surface area contributed by atoms with Crippen molar-refractivity contribution < 1.29 is 10.2 Å². The van der Waals surface area contributed by atoms with E-state index in [1.165, 1.54) is 0 Å². The molecule has 0 aromatic rings. The number of aliphatic hydroxyl groups excluding tert-OH is 2. The quantitative estimate of drug-likeness (QED) is 0.573. The molecule has 2 aliphatic carbocycles. The summed E-state index contributed by atoms with van der Waals surface area (Å²) in [5.41, 5.74) is 1.83. The van der Waals surface area contributed by atoms with Gasteiger partial charge in [0.2, 0.25) is 0 Å². The third-order valence-electron chi connectivity index (χ3n) is 2.42. The van der Waals surface area contributed by atoms with E-state index in [9.17, 15) is 10.2 Å². The Morgan fingerprint density at radius 1 is 1.42 bits per heavy atom. The summed E-state index contributed by atoms with van der Waals surface area (Å²) in [6, 6.07) is 0. The Labute approximate surface area is 71.5 Å². The van der Waals surface area contributed by atoms with Crippen LogP contribution in [0.2, 0.25) is 0 Å². The standard InChI is InChI=1S/C10H12O2/c11-9-5-1-3-7-8(9)4-2-6-10(7)12/h1,3,6,9,11-12H,2,4-5H2. The molecule has 1 atom stereocenters. The van der Waals surface area contributed by atoms with E-state index >= 15 is 0 Å². The molecule has 1 unspecified atom stereocenters. The molecule has 0 bridgehead atoms. The van der Waals surface area contributed by atoms with Gasteiger partial charge in [0.25, 0.3) is 0 Å². The maximum absolute atomic E-state index is 9.57. The Bertz CT molecular complexity index is 284. The van der Waals surface area contributed by atoms with Gasteiger partial charge in [0.15, 0.2) is 0 Å². The molecule has 0 aromatic carbocycles. The average molecular weight is 164 g/mol. The summed E-state index contributed by atoms with van der Waals surface area (Å²) in [6.07, 6.45) is 7.64. The molecule has 0 aromatic heterocycles. The molecule has 2 nitrogen and oxygen atoms in total. The van der Waals surface area contributed by atoms with E-state index in [1.807, 2.05) is 12.2 Å². The van der Waals surface area contributed by atoms with Crippen molar-refractivity contribution in [3.05, 3.63) is 35.1 Å². The van der Waals surface area contributed by atoms with Gasteiger partial charge in [0, 0.05) is 5.57 Å². The van der Waals surface area contributed by atoms with Crippen molar-refractivity contribution in [2.45, 2.75) is 25.4 Å². The first-order valence-corrected chi connectivity index (χ1v) is 4.26. The van der Waals surface area contributed by atoms with Gasteiger partial charge in [-0.1, -0.05) is 12.2 Å². The first kappa shape index (κ1) is 7.62. The molecule has 0 heterocycles. The van der Waals surface area contributed by atoms with E-state index in [0.29, 0.717) is 12.2 Å². The van der Waals surface area contributed by atoms with Crippen molar-refractivity contribution >= 4 is 0 Å². The van der Waals surface area contributed by atoms with Crippen LogP contribution < -0.4 is 0 Å². The third-order valence-corrected chi connectivity index (χ3v) is 2.42. The van der Waals surface area contributed by atoms with Crippen molar-refractivity contribution in [2.24, 2.45) is 0 Å². The molecule has 0 radical (unpaired) electrons. The maximum Gasteiger partial charge on any atom is 0.118 e. The lowest BCUT2D eigenvalue weighted by Gasteiger charge is -2.23. The van der Waals surface area contributed by atoms with Crippen LogP contribution in [0.4, 0.5) is 0 Å². The van der Waals surface area contributed by atoms with E-state index in [2.05, 4.69) is 0 Å². The fraction of sp³-hybridized carbons (Fsp3) is 0.400. The highest BCUT2D eigenvalue weighted by molar-refractivity contribution is 5.45. The summed E-state index contributed by atoms with van der Waals surface area (Å²) in [6.45, 7) is 0. The lowest BCUT2D eigenvalue weighted by molar-refractivity contribution is 0.205. The minimum Gasteiger partial charge on any atom is -0.508 e. The Kier molecular flexibility index (Phi) is 1.77. The Hall–Kier alpha value is -1.02. The number of allylic oxidation sites excluding steroid dienone is 2. The minimum atomic E-state index is -0.374. The van der Waals surface area contributed by atoms with E-state index in [1.54, 1.807) is 6.08 Å². The number of hydrogen-bond acceptors (Lipinski definition) is 2. The highest BCUT2D eigenvalue weighted by Crippen LogP contribution is 2.31. The Balaban J connectivity index is 2.41. The summed E-state index contributed by atoms with van der Waals surface area (Å²) in [5, 5.41) is 19.0. The summed E-state index contributed by atoms with van der Waals surface area (Å²) in [4.78, 5) is 0. The smallest absolute Gasteiger partial charge is 0.118 e. The highest BCUT2D eigenvalue weighted by atomic mass is 16.3. The highest BCUT2D eigenvalue weighted by Gasteiger charge is 2.21. The average Bonchev–Trinajstić information content (AvgIpc) is 2.07. The number of rotatable bonds is 0. The van der Waals surface area contributed by atoms with E-state index in [-0.39, 0.29) is 6.10 Å². The summed E-state index contributed by atoms with van der Waals surface area (Å²) in [7, 11) is 0. The number of hydrogen-bond donors (Lipinski definition) is 2. The van der Waals surface area contributed by atoms with Crippen molar-refractivity contribution in [3.8, 4) is 0 Å². The molecule has 2 rings (SSSR count). The summed E-state index contributed by atoms with van der Waals surface area (Å²) >= 11 is 0. The normalized spacial score (nSPS) is 28.4. The first-order chi connectivity index (χ1) is 5.79. The monoisotopic (exact) mass is 164 g/mol. The molecule has 0 amide bonds. The van der Waals surface area contributed by atoms with Gasteiger partial charge in [-0.3, -0.25) is 0 Å². The fourth-order valence-electron chi connectivity index (χ4n) is 1.77. The molecule has 0 spiro atoms. The molecular weight excluding hydrogens is 152 g/mol. The molecule has 12 heavy (non-hydrogen) atoms. The summed E-state index contributed by atoms with van der Waals surface area (Å²) in [5.74, 6) is 0.325. The van der Waals surface area contributed by atoms with Crippen LogP contribution in [0.5, 0.6) is 0 Å². The second kappa shape index (κ2) is 2.79. The van der Waals surface area contributed by atoms with Crippen LogP contribution in [-0.4, -0.2) is 16.3 Å². The molecule has 2 heteroatoms. The topological polar surface area (TPSA) is 40.5 Å². The van der Waals surface area contributed by atoms with Gasteiger partial charge in [-0.2, -0.15) is 0 Å². The first-order valence-electron chi connectivity index (χ1n) is 4.26. The van der Waals surface area contributed by atoms with Crippen molar-refractivity contribution in [2.75, 3.05) is 0 Å². The minimum absolute atomic E-state index is 0.325. The third kappa shape index (κ3) is 1.08. The number of aliphatic hydroxyl groups is 2.